The van der Waals surface area contributed by atoms with E-state index < -0.39 is 0 Å². The molecule has 0 aromatic carbocycles. The fourth-order valence-corrected chi connectivity index (χ4v) is 3.63. The van der Waals surface area contributed by atoms with E-state index in [2.05, 4.69) is 10.5 Å². The number of ether oxygens (including phenoxy) is 2. The summed E-state index contributed by atoms with van der Waals surface area (Å²) in [4.78, 5) is 25.0. The minimum absolute atomic E-state index is 0.0409. The Hall–Kier alpha value is -2.03. The number of carbonyl (C=O) groups excluding carboxylic acids is 2. The molecule has 2 atom stereocenters. The van der Waals surface area contributed by atoms with Gasteiger partial charge in [0.2, 0.25) is 0 Å². The van der Waals surface area contributed by atoms with E-state index >= 15 is 0 Å². The van der Waals surface area contributed by atoms with E-state index in [1.54, 1.807) is 12.1 Å². The Kier molecular flexibility index (Phi) is 5.85. The first kappa shape index (κ1) is 18.8. The molecule has 26 heavy (non-hydrogen) atoms. The minimum Gasteiger partial charge on any atom is -0.379 e. The van der Waals surface area contributed by atoms with Gasteiger partial charge in [-0.25, -0.2) is 0 Å². The highest BCUT2D eigenvalue weighted by atomic mass is 32.1. The maximum atomic E-state index is 12.5. The van der Waals surface area contributed by atoms with Gasteiger partial charge in [0.05, 0.1) is 34.7 Å². The lowest BCUT2D eigenvalue weighted by molar-refractivity contribution is -0.0738. The van der Waals surface area contributed by atoms with Gasteiger partial charge in [0.1, 0.15) is 11.9 Å². The Labute approximate surface area is 155 Å². The Morgan fingerprint density at radius 2 is 2.12 bits per heavy atom. The monoisotopic (exact) mass is 378 g/mol. The van der Waals surface area contributed by atoms with Crippen molar-refractivity contribution >= 4 is 23.0 Å². The van der Waals surface area contributed by atoms with Gasteiger partial charge in [-0.05, 0) is 39.3 Å². The summed E-state index contributed by atoms with van der Waals surface area (Å²) in [5.74, 6) is 0.497. The van der Waals surface area contributed by atoms with E-state index in [-0.39, 0.29) is 23.8 Å². The van der Waals surface area contributed by atoms with Crippen LogP contribution >= 0.6 is 11.3 Å². The van der Waals surface area contributed by atoms with Gasteiger partial charge in [-0.3, -0.25) is 9.59 Å². The second kappa shape index (κ2) is 8.11. The molecule has 8 heteroatoms. The Morgan fingerprint density at radius 3 is 2.77 bits per heavy atom. The van der Waals surface area contributed by atoms with E-state index in [1.165, 1.54) is 18.3 Å². The molecule has 0 aliphatic carbocycles. The first-order chi connectivity index (χ1) is 12.5. The second-order valence-corrected chi connectivity index (χ2v) is 7.40. The standard InChI is InChI=1S/C18H22N2O5S/c1-10-13(12(3)25-20-10)8-24-15-9-23-7-6-14(15)19-18(22)17-5-4-16(26-17)11(2)21/h4-5,14-15H,6-9H2,1-3H3,(H,19,22)/t14-,15-/m1/s1. The molecule has 7 nitrogen and oxygen atoms in total. The van der Waals surface area contributed by atoms with E-state index in [1.807, 2.05) is 13.8 Å². The number of ketones is 1. The summed E-state index contributed by atoms with van der Waals surface area (Å²) in [6.45, 7) is 6.55. The van der Waals surface area contributed by atoms with Crippen molar-refractivity contribution in [2.45, 2.75) is 45.9 Å². The molecular weight excluding hydrogens is 356 g/mol. The highest BCUT2D eigenvalue weighted by Gasteiger charge is 2.29. The molecule has 0 saturated carbocycles. The number of hydrogen-bond donors (Lipinski definition) is 1. The molecular formula is C18H22N2O5S. The number of thiophene rings is 1. The number of aryl methyl sites for hydroxylation is 2. The Bertz CT molecular complexity index is 778. The molecule has 2 aromatic heterocycles. The summed E-state index contributed by atoms with van der Waals surface area (Å²) in [7, 11) is 0. The zero-order valence-electron chi connectivity index (χ0n) is 15.0. The molecule has 3 rings (SSSR count). The number of Topliss-reactive ketones (excluding diaryl/α,β-unsaturated/α-hetero) is 1. The maximum absolute atomic E-state index is 12.5. The van der Waals surface area contributed by atoms with Gasteiger partial charge in [0.15, 0.2) is 5.78 Å². The van der Waals surface area contributed by atoms with E-state index in [0.29, 0.717) is 36.0 Å². The number of amides is 1. The number of nitrogens with one attached hydrogen (secondary N) is 1. The van der Waals surface area contributed by atoms with Crippen LogP contribution in [0.1, 0.15) is 49.7 Å². The van der Waals surface area contributed by atoms with Crippen LogP contribution in [0, 0.1) is 13.8 Å². The van der Waals surface area contributed by atoms with Gasteiger partial charge < -0.3 is 19.3 Å². The lowest BCUT2D eigenvalue weighted by atomic mass is 10.1. The molecule has 1 saturated heterocycles. The number of nitrogens with zero attached hydrogens (tertiary/aromatic N) is 1. The van der Waals surface area contributed by atoms with Crippen LogP contribution in [-0.4, -0.2) is 42.2 Å². The summed E-state index contributed by atoms with van der Waals surface area (Å²) in [6.07, 6.45) is 0.414. The van der Waals surface area contributed by atoms with Crippen molar-refractivity contribution in [2.75, 3.05) is 13.2 Å². The molecule has 1 aliphatic rings. The second-order valence-electron chi connectivity index (χ2n) is 6.32. The summed E-state index contributed by atoms with van der Waals surface area (Å²) < 4.78 is 16.6. The molecule has 1 amide bonds. The molecule has 0 radical (unpaired) electrons. The smallest absolute Gasteiger partial charge is 0.261 e. The van der Waals surface area contributed by atoms with Crippen LogP contribution in [0.25, 0.3) is 0 Å². The fourth-order valence-electron chi connectivity index (χ4n) is 2.83. The number of carbonyl (C=O) groups is 2. The largest absolute Gasteiger partial charge is 0.379 e. The fraction of sp³-hybridized carbons (Fsp3) is 0.500. The third-order valence-corrected chi connectivity index (χ3v) is 5.61. The summed E-state index contributed by atoms with van der Waals surface area (Å²) in [5, 5.41) is 6.93. The third kappa shape index (κ3) is 4.20. The predicted molar refractivity (Wildman–Crippen MR) is 95.6 cm³/mol. The molecule has 0 spiro atoms. The van der Waals surface area contributed by atoms with Crippen molar-refractivity contribution < 1.29 is 23.6 Å². The van der Waals surface area contributed by atoms with Gasteiger partial charge >= 0.3 is 0 Å². The van der Waals surface area contributed by atoms with Crippen LogP contribution in [-0.2, 0) is 16.1 Å². The van der Waals surface area contributed by atoms with Crippen LogP contribution < -0.4 is 5.32 Å². The summed E-state index contributed by atoms with van der Waals surface area (Å²) in [6, 6.07) is 3.20. The van der Waals surface area contributed by atoms with E-state index in [4.69, 9.17) is 14.0 Å². The zero-order valence-corrected chi connectivity index (χ0v) is 15.9. The number of hydrogen-bond acceptors (Lipinski definition) is 7. The normalized spacial score (nSPS) is 20.1. The van der Waals surface area contributed by atoms with Crippen molar-refractivity contribution in [2.24, 2.45) is 0 Å². The van der Waals surface area contributed by atoms with Gasteiger partial charge in [-0.15, -0.1) is 11.3 Å². The number of aromatic nitrogens is 1. The van der Waals surface area contributed by atoms with Crippen LogP contribution in [0.2, 0.25) is 0 Å². The van der Waals surface area contributed by atoms with Gasteiger partial charge in [-0.2, -0.15) is 0 Å². The number of rotatable bonds is 6. The third-order valence-electron chi connectivity index (χ3n) is 4.42. The SMILES string of the molecule is CC(=O)c1ccc(C(=O)N[C@@H]2CCOC[C@H]2OCc2c(C)noc2C)s1. The van der Waals surface area contributed by atoms with Crippen molar-refractivity contribution in [3.63, 3.8) is 0 Å². The average Bonchev–Trinajstić information content (AvgIpc) is 3.22. The molecule has 1 aliphatic heterocycles. The molecule has 2 aromatic rings. The molecule has 0 bridgehead atoms. The van der Waals surface area contributed by atoms with Gasteiger partial charge in [-0.1, -0.05) is 5.16 Å². The first-order valence-electron chi connectivity index (χ1n) is 8.48. The van der Waals surface area contributed by atoms with Crippen LogP contribution in [0.4, 0.5) is 0 Å². The lowest BCUT2D eigenvalue weighted by Crippen LogP contribution is -2.49. The zero-order chi connectivity index (χ0) is 18.7. The summed E-state index contributed by atoms with van der Waals surface area (Å²) in [5.41, 5.74) is 1.72. The van der Waals surface area contributed by atoms with Crippen LogP contribution in [0.5, 0.6) is 0 Å². The highest BCUT2D eigenvalue weighted by molar-refractivity contribution is 7.15. The molecule has 0 unspecified atom stereocenters. The summed E-state index contributed by atoms with van der Waals surface area (Å²) >= 11 is 1.20. The van der Waals surface area contributed by atoms with Crippen molar-refractivity contribution in [3.8, 4) is 0 Å². The maximum Gasteiger partial charge on any atom is 0.261 e. The van der Waals surface area contributed by atoms with E-state index in [0.717, 1.165) is 17.0 Å². The predicted octanol–water partition coefficient (Wildman–Crippen LogP) is 2.66. The quantitative estimate of drug-likeness (QED) is 0.777. The van der Waals surface area contributed by atoms with Crippen molar-refractivity contribution in [3.05, 3.63) is 38.9 Å². The molecule has 3 heterocycles. The van der Waals surface area contributed by atoms with Crippen LogP contribution in [0.15, 0.2) is 16.7 Å². The Morgan fingerprint density at radius 1 is 1.35 bits per heavy atom. The van der Waals surface area contributed by atoms with Crippen molar-refractivity contribution in [1.29, 1.82) is 0 Å². The minimum atomic E-state index is -0.256. The first-order valence-corrected chi connectivity index (χ1v) is 9.30. The molecule has 140 valence electrons. The highest BCUT2D eigenvalue weighted by Crippen LogP contribution is 2.20. The Balaban J connectivity index is 1.62. The molecule has 1 fully saturated rings. The van der Waals surface area contributed by atoms with Crippen molar-refractivity contribution in [1.82, 2.24) is 10.5 Å². The molecule has 1 N–H and O–H groups in total. The van der Waals surface area contributed by atoms with E-state index in [9.17, 15) is 9.59 Å². The lowest BCUT2D eigenvalue weighted by Gasteiger charge is -2.32. The average molecular weight is 378 g/mol. The topological polar surface area (TPSA) is 90.7 Å². The van der Waals surface area contributed by atoms with Crippen LogP contribution in [0.3, 0.4) is 0 Å². The van der Waals surface area contributed by atoms with Gasteiger partial charge in [0, 0.05) is 12.2 Å². The van der Waals surface area contributed by atoms with Gasteiger partial charge in [0.25, 0.3) is 5.91 Å².